The molecule has 0 aliphatic carbocycles. The van der Waals surface area contributed by atoms with E-state index in [0.29, 0.717) is 30.3 Å². The first kappa shape index (κ1) is 18.3. The fraction of sp³-hybridized carbons (Fsp3) is 0.318. The summed E-state index contributed by atoms with van der Waals surface area (Å²) in [4.78, 5) is 23.6. The molecule has 4 rings (SSSR count). The van der Waals surface area contributed by atoms with Gasteiger partial charge in [-0.05, 0) is 55.5 Å². The van der Waals surface area contributed by atoms with Crippen molar-refractivity contribution in [2.24, 2.45) is 0 Å². The molecule has 1 atom stereocenters. The Labute approximate surface area is 163 Å². The maximum absolute atomic E-state index is 13.4. The Kier molecular flexibility index (Phi) is 4.94. The average Bonchev–Trinajstić information content (AvgIpc) is 3.28. The SMILES string of the molecule is Cc1nc(C)c(C(=O)N2CCC[C@@H]2c2ccc(Cc3cccc(F)c3)cn2)o1. The predicted molar refractivity (Wildman–Crippen MR) is 102 cm³/mol. The van der Waals surface area contributed by atoms with Crippen LogP contribution in [0, 0.1) is 19.7 Å². The molecule has 2 aromatic heterocycles. The number of amides is 1. The molecule has 3 aromatic rings. The van der Waals surface area contributed by atoms with Gasteiger partial charge in [0.2, 0.25) is 5.76 Å². The first-order valence-electron chi connectivity index (χ1n) is 9.45. The van der Waals surface area contributed by atoms with Crippen LogP contribution in [0.4, 0.5) is 4.39 Å². The summed E-state index contributed by atoms with van der Waals surface area (Å²) in [5.41, 5.74) is 3.39. The van der Waals surface area contributed by atoms with E-state index in [1.54, 1.807) is 19.9 Å². The zero-order chi connectivity index (χ0) is 19.7. The highest BCUT2D eigenvalue weighted by Gasteiger charge is 2.34. The van der Waals surface area contributed by atoms with Crippen LogP contribution in [-0.4, -0.2) is 27.3 Å². The summed E-state index contributed by atoms with van der Waals surface area (Å²) in [6.07, 6.45) is 4.23. The van der Waals surface area contributed by atoms with Gasteiger partial charge >= 0.3 is 0 Å². The van der Waals surface area contributed by atoms with Gasteiger partial charge in [-0.15, -0.1) is 0 Å². The molecule has 0 unspecified atom stereocenters. The molecule has 1 saturated heterocycles. The summed E-state index contributed by atoms with van der Waals surface area (Å²) in [7, 11) is 0. The van der Waals surface area contributed by atoms with E-state index in [1.165, 1.54) is 12.1 Å². The number of likely N-dealkylation sites (tertiary alicyclic amines) is 1. The second-order valence-corrected chi connectivity index (χ2v) is 7.20. The van der Waals surface area contributed by atoms with Gasteiger partial charge in [0.15, 0.2) is 5.89 Å². The first-order chi connectivity index (χ1) is 13.5. The normalized spacial score (nSPS) is 16.5. The maximum atomic E-state index is 13.4. The van der Waals surface area contributed by atoms with E-state index in [1.807, 2.05) is 29.3 Å². The zero-order valence-corrected chi connectivity index (χ0v) is 16.0. The molecule has 0 N–H and O–H groups in total. The van der Waals surface area contributed by atoms with E-state index in [4.69, 9.17) is 4.42 Å². The van der Waals surface area contributed by atoms with Gasteiger partial charge < -0.3 is 9.32 Å². The van der Waals surface area contributed by atoms with Gasteiger partial charge in [0.05, 0.1) is 17.4 Å². The second kappa shape index (κ2) is 7.54. The number of oxazole rings is 1. The molecule has 1 aliphatic heterocycles. The van der Waals surface area contributed by atoms with Crippen LogP contribution in [0.5, 0.6) is 0 Å². The number of aromatic nitrogens is 2. The Hall–Kier alpha value is -3.02. The fourth-order valence-electron chi connectivity index (χ4n) is 3.80. The van der Waals surface area contributed by atoms with Crippen molar-refractivity contribution in [1.82, 2.24) is 14.9 Å². The smallest absolute Gasteiger partial charge is 0.292 e. The number of aryl methyl sites for hydroxylation is 2. The summed E-state index contributed by atoms with van der Waals surface area (Å²) >= 11 is 0. The lowest BCUT2D eigenvalue weighted by molar-refractivity contribution is 0.0698. The van der Waals surface area contributed by atoms with E-state index in [-0.39, 0.29) is 17.8 Å². The fourth-order valence-corrected chi connectivity index (χ4v) is 3.80. The van der Waals surface area contributed by atoms with Crippen LogP contribution in [0.15, 0.2) is 47.0 Å². The summed E-state index contributed by atoms with van der Waals surface area (Å²) in [5, 5.41) is 0. The van der Waals surface area contributed by atoms with Crippen LogP contribution in [0.1, 0.15) is 57.8 Å². The largest absolute Gasteiger partial charge is 0.436 e. The van der Waals surface area contributed by atoms with Crippen molar-refractivity contribution in [3.8, 4) is 0 Å². The summed E-state index contributed by atoms with van der Waals surface area (Å²) in [6, 6.07) is 10.5. The molecule has 0 radical (unpaired) electrons. The van der Waals surface area contributed by atoms with Gasteiger partial charge in [0.25, 0.3) is 5.91 Å². The van der Waals surface area contributed by atoms with Crippen LogP contribution >= 0.6 is 0 Å². The van der Waals surface area contributed by atoms with Crippen LogP contribution in [-0.2, 0) is 6.42 Å². The minimum absolute atomic E-state index is 0.0690. The zero-order valence-electron chi connectivity index (χ0n) is 16.0. The van der Waals surface area contributed by atoms with Crippen LogP contribution in [0.25, 0.3) is 0 Å². The molecule has 5 nitrogen and oxygen atoms in total. The topological polar surface area (TPSA) is 59.2 Å². The Bertz CT molecular complexity index is 997. The van der Waals surface area contributed by atoms with Gasteiger partial charge in [0, 0.05) is 19.7 Å². The van der Waals surface area contributed by atoms with Crippen molar-refractivity contribution in [2.75, 3.05) is 6.54 Å². The summed E-state index contributed by atoms with van der Waals surface area (Å²) in [5.74, 6) is 0.440. The van der Waals surface area contributed by atoms with E-state index in [9.17, 15) is 9.18 Å². The molecule has 1 aliphatic rings. The van der Waals surface area contributed by atoms with Crippen molar-refractivity contribution < 1.29 is 13.6 Å². The maximum Gasteiger partial charge on any atom is 0.292 e. The number of nitrogens with zero attached hydrogens (tertiary/aromatic N) is 3. The molecule has 1 fully saturated rings. The van der Waals surface area contributed by atoms with Crippen LogP contribution in [0.3, 0.4) is 0 Å². The molecule has 0 saturated carbocycles. The third-order valence-electron chi connectivity index (χ3n) is 5.10. The molecule has 3 heterocycles. The van der Waals surface area contributed by atoms with Crippen molar-refractivity contribution in [3.05, 3.63) is 82.6 Å². The number of halogens is 1. The Morgan fingerprint density at radius 1 is 1.25 bits per heavy atom. The molecule has 144 valence electrons. The number of benzene rings is 1. The highest BCUT2D eigenvalue weighted by Crippen LogP contribution is 2.32. The molecule has 1 aromatic carbocycles. The summed E-state index contributed by atoms with van der Waals surface area (Å²) < 4.78 is 18.9. The highest BCUT2D eigenvalue weighted by atomic mass is 19.1. The van der Waals surface area contributed by atoms with Gasteiger partial charge in [-0.25, -0.2) is 9.37 Å². The van der Waals surface area contributed by atoms with Gasteiger partial charge in [0.1, 0.15) is 5.82 Å². The Balaban J connectivity index is 1.51. The van der Waals surface area contributed by atoms with Gasteiger partial charge in [-0.3, -0.25) is 9.78 Å². The Morgan fingerprint density at radius 3 is 2.79 bits per heavy atom. The standard InChI is InChI=1S/C22H22FN3O2/c1-14-21(28-15(2)25-14)22(27)26-10-4-7-20(26)19-9-8-17(13-24-19)11-16-5-3-6-18(23)12-16/h3,5-6,8-9,12-13,20H,4,7,10-11H2,1-2H3/t20-/m1/s1. The van der Waals surface area contributed by atoms with E-state index in [2.05, 4.69) is 9.97 Å². The lowest BCUT2D eigenvalue weighted by atomic mass is 10.0. The third kappa shape index (κ3) is 3.67. The van der Waals surface area contributed by atoms with Crippen molar-refractivity contribution in [1.29, 1.82) is 0 Å². The molecule has 6 heteroatoms. The highest BCUT2D eigenvalue weighted by molar-refractivity contribution is 5.93. The van der Waals surface area contributed by atoms with Crippen LogP contribution < -0.4 is 0 Å². The average molecular weight is 379 g/mol. The molecule has 1 amide bonds. The van der Waals surface area contributed by atoms with Crippen molar-refractivity contribution in [2.45, 2.75) is 39.2 Å². The van der Waals surface area contributed by atoms with Crippen LogP contribution in [0.2, 0.25) is 0 Å². The molecular weight excluding hydrogens is 357 g/mol. The van der Waals surface area contributed by atoms with Gasteiger partial charge in [-0.1, -0.05) is 18.2 Å². The first-order valence-corrected chi connectivity index (χ1v) is 9.45. The lowest BCUT2D eigenvalue weighted by Crippen LogP contribution is -2.31. The number of carbonyl (C=O) groups excluding carboxylic acids is 1. The van der Waals surface area contributed by atoms with Crippen molar-refractivity contribution in [3.63, 3.8) is 0 Å². The molecule has 0 bridgehead atoms. The quantitative estimate of drug-likeness (QED) is 0.674. The third-order valence-corrected chi connectivity index (χ3v) is 5.10. The molecule has 0 spiro atoms. The van der Waals surface area contributed by atoms with Gasteiger partial charge in [-0.2, -0.15) is 0 Å². The lowest BCUT2D eigenvalue weighted by Gasteiger charge is -2.23. The molecular formula is C22H22FN3O2. The monoisotopic (exact) mass is 379 g/mol. The molecule has 28 heavy (non-hydrogen) atoms. The predicted octanol–water partition coefficient (Wildman–Crippen LogP) is 4.39. The van der Waals surface area contributed by atoms with E-state index < -0.39 is 0 Å². The van der Waals surface area contributed by atoms with E-state index >= 15 is 0 Å². The van der Waals surface area contributed by atoms with E-state index in [0.717, 1.165) is 29.7 Å². The van der Waals surface area contributed by atoms with Crippen molar-refractivity contribution >= 4 is 5.91 Å². The number of pyridine rings is 1. The number of rotatable bonds is 4. The Morgan fingerprint density at radius 2 is 2.11 bits per heavy atom. The summed E-state index contributed by atoms with van der Waals surface area (Å²) in [6.45, 7) is 4.20. The number of hydrogen-bond acceptors (Lipinski definition) is 4. The number of hydrogen-bond donors (Lipinski definition) is 0. The minimum Gasteiger partial charge on any atom is -0.436 e. The minimum atomic E-state index is -0.236. The second-order valence-electron chi connectivity index (χ2n) is 7.20. The number of carbonyl (C=O) groups is 1.